The van der Waals surface area contributed by atoms with Crippen molar-refractivity contribution in [2.75, 3.05) is 0 Å². The highest BCUT2D eigenvalue weighted by molar-refractivity contribution is 5.77. The number of carboxylic acid groups (broad SMARTS) is 1. The van der Waals surface area contributed by atoms with Crippen molar-refractivity contribution in [3.05, 3.63) is 11.6 Å². The minimum absolute atomic E-state index is 0.0535. The lowest BCUT2D eigenvalue weighted by Gasteiger charge is -2.72. The topological polar surface area (TPSA) is 98.0 Å². The lowest BCUT2D eigenvalue weighted by atomic mass is 9.33. The van der Waals surface area contributed by atoms with Crippen LogP contribution in [0.15, 0.2) is 11.6 Å². The van der Waals surface area contributed by atoms with Gasteiger partial charge in [-0.1, -0.05) is 53.2 Å². The molecule has 0 aromatic carbocycles. The third kappa shape index (κ3) is 2.90. The number of aliphatic carboxylic acids is 1. The molecule has 0 saturated heterocycles. The maximum atomic E-state index is 12.8. The van der Waals surface area contributed by atoms with Gasteiger partial charge in [0.1, 0.15) is 0 Å². The summed E-state index contributed by atoms with van der Waals surface area (Å²) in [6.07, 6.45) is 7.21. The Morgan fingerprint density at radius 2 is 1.60 bits per heavy atom. The number of rotatable bonds is 1. The van der Waals surface area contributed by atoms with Gasteiger partial charge in [0.25, 0.3) is 0 Å². The van der Waals surface area contributed by atoms with E-state index in [0.717, 1.165) is 32.1 Å². The Bertz CT molecular complexity index is 952. The molecule has 4 saturated carbocycles. The van der Waals surface area contributed by atoms with Gasteiger partial charge in [-0.15, -0.1) is 0 Å². The Morgan fingerprint density at radius 3 is 2.23 bits per heavy atom. The Balaban J connectivity index is 1.65. The van der Waals surface area contributed by atoms with Crippen molar-refractivity contribution in [1.29, 1.82) is 0 Å². The van der Waals surface area contributed by atoms with Gasteiger partial charge < -0.3 is 20.4 Å². The molecule has 0 amide bonds. The van der Waals surface area contributed by atoms with E-state index in [1.54, 1.807) is 0 Å². The van der Waals surface area contributed by atoms with Crippen LogP contribution in [-0.2, 0) is 4.79 Å². The molecule has 0 heterocycles. The Kier molecular flexibility index (Phi) is 5.40. The quantitative estimate of drug-likeness (QED) is 0.382. The molecule has 0 aromatic heterocycles. The second kappa shape index (κ2) is 7.35. The number of fused-ring (bicyclic) bond motifs is 7. The first kappa shape index (κ1) is 25.7. The number of carboxylic acids is 1. The maximum absolute atomic E-state index is 12.8. The summed E-state index contributed by atoms with van der Waals surface area (Å²) >= 11 is 0. The molecule has 198 valence electrons. The largest absolute Gasteiger partial charge is 0.481 e. The summed E-state index contributed by atoms with van der Waals surface area (Å²) in [5, 5.41) is 44.3. The molecule has 5 rings (SSSR count). The van der Waals surface area contributed by atoms with Gasteiger partial charge >= 0.3 is 5.97 Å². The predicted octanol–water partition coefficient (Wildman–Crippen LogP) is 5.18. The molecule has 0 aliphatic heterocycles. The first-order chi connectivity index (χ1) is 16.0. The van der Waals surface area contributed by atoms with Crippen molar-refractivity contribution in [3.8, 4) is 0 Å². The molecule has 5 nitrogen and oxygen atoms in total. The van der Waals surface area contributed by atoms with Crippen LogP contribution in [0.1, 0.15) is 99.8 Å². The van der Waals surface area contributed by atoms with Crippen molar-refractivity contribution < 1.29 is 25.2 Å². The molecule has 5 aliphatic carbocycles. The van der Waals surface area contributed by atoms with E-state index in [1.165, 1.54) is 5.57 Å². The predicted molar refractivity (Wildman–Crippen MR) is 135 cm³/mol. The van der Waals surface area contributed by atoms with Crippen molar-refractivity contribution in [1.82, 2.24) is 0 Å². The molecule has 4 fully saturated rings. The van der Waals surface area contributed by atoms with E-state index >= 15 is 0 Å². The van der Waals surface area contributed by atoms with Crippen molar-refractivity contribution >= 4 is 5.97 Å². The number of aliphatic hydroxyl groups excluding tert-OH is 2. The third-order valence-corrected chi connectivity index (χ3v) is 13.4. The number of hydrogen-bond acceptors (Lipinski definition) is 4. The minimum Gasteiger partial charge on any atom is -0.481 e. The summed E-state index contributed by atoms with van der Waals surface area (Å²) < 4.78 is 0. The lowest BCUT2D eigenvalue weighted by Crippen LogP contribution is -2.68. The van der Waals surface area contributed by atoms with Crippen molar-refractivity contribution in [3.63, 3.8) is 0 Å². The average Bonchev–Trinajstić information content (AvgIpc) is 2.75. The molecule has 0 radical (unpaired) electrons. The van der Waals surface area contributed by atoms with Crippen LogP contribution >= 0.6 is 0 Å². The number of aliphatic hydroxyl groups is 3. The zero-order chi connectivity index (χ0) is 26.0. The molecule has 35 heavy (non-hydrogen) atoms. The normalized spacial score (nSPS) is 57.1. The SMILES string of the molecule is C[C@@H]1CC[C@]2(C(=O)O)CC[C@]3(C)C(=CCC4[C@@]5(C)C[C@@H](O)[C@H](O)C(C)(C)C5CC[C@]43C)C2[C@]1(C)O. The van der Waals surface area contributed by atoms with Gasteiger partial charge in [0.2, 0.25) is 0 Å². The summed E-state index contributed by atoms with van der Waals surface area (Å²) in [5.74, 6) is -0.394. The highest BCUT2D eigenvalue weighted by atomic mass is 16.4. The number of carbonyl (C=O) groups is 1. The monoisotopic (exact) mass is 488 g/mol. The van der Waals surface area contributed by atoms with E-state index in [-0.39, 0.29) is 33.5 Å². The van der Waals surface area contributed by atoms with Gasteiger partial charge in [-0.05, 0) is 97.7 Å². The van der Waals surface area contributed by atoms with Crippen molar-refractivity contribution in [2.24, 2.45) is 50.7 Å². The summed E-state index contributed by atoms with van der Waals surface area (Å²) in [5.41, 5.74) is -1.46. The van der Waals surface area contributed by atoms with Gasteiger partial charge in [0.05, 0.1) is 23.2 Å². The molecular formula is C30H48O5. The smallest absolute Gasteiger partial charge is 0.310 e. The third-order valence-electron chi connectivity index (χ3n) is 13.4. The number of allylic oxidation sites excluding steroid dienone is 1. The average molecular weight is 489 g/mol. The zero-order valence-corrected chi connectivity index (χ0v) is 22.9. The Labute approximate surface area is 211 Å². The van der Waals surface area contributed by atoms with E-state index in [4.69, 9.17) is 0 Å². The first-order valence-corrected chi connectivity index (χ1v) is 14.0. The van der Waals surface area contributed by atoms with Gasteiger partial charge in [0, 0.05) is 5.92 Å². The lowest BCUT2D eigenvalue weighted by molar-refractivity contribution is -0.237. The van der Waals surface area contributed by atoms with Gasteiger partial charge in [-0.2, -0.15) is 0 Å². The van der Waals surface area contributed by atoms with Crippen LogP contribution in [0.4, 0.5) is 0 Å². The standard InChI is InChI=1S/C30H48O5/c1-17-10-13-30(24(33)34)15-14-27(5)18(22(30)29(17,7)35)8-9-21-26(4)16-19(31)23(32)25(2,3)20(26)11-12-28(21,27)6/h8,17,19-23,31-32,35H,9-16H2,1-7H3,(H,33,34)/t17-,19-,20?,21?,22?,23+,26+,27-,28-,29-,30+/m1/s1. The summed E-state index contributed by atoms with van der Waals surface area (Å²) in [6.45, 7) is 15.3. The molecule has 5 aliphatic rings. The summed E-state index contributed by atoms with van der Waals surface area (Å²) in [4.78, 5) is 12.8. The summed E-state index contributed by atoms with van der Waals surface area (Å²) in [6, 6.07) is 0. The van der Waals surface area contributed by atoms with Crippen LogP contribution in [0.25, 0.3) is 0 Å². The van der Waals surface area contributed by atoms with E-state index < -0.39 is 29.2 Å². The van der Waals surface area contributed by atoms with Crippen LogP contribution in [0.5, 0.6) is 0 Å². The molecule has 0 bridgehead atoms. The summed E-state index contributed by atoms with van der Waals surface area (Å²) in [7, 11) is 0. The van der Waals surface area contributed by atoms with Crippen LogP contribution < -0.4 is 0 Å². The molecule has 0 spiro atoms. The minimum atomic E-state index is -1.05. The fraction of sp³-hybridized carbons (Fsp3) is 0.900. The van der Waals surface area contributed by atoms with E-state index in [2.05, 4.69) is 47.6 Å². The molecule has 5 heteroatoms. The fourth-order valence-electron chi connectivity index (χ4n) is 11.0. The molecule has 3 unspecified atom stereocenters. The maximum Gasteiger partial charge on any atom is 0.310 e. The second-order valence-electron chi connectivity index (χ2n) is 14.9. The Morgan fingerprint density at radius 1 is 0.943 bits per heavy atom. The van der Waals surface area contributed by atoms with Gasteiger partial charge in [0.15, 0.2) is 0 Å². The highest BCUT2D eigenvalue weighted by Crippen LogP contribution is 2.76. The van der Waals surface area contributed by atoms with E-state index in [1.807, 2.05) is 6.92 Å². The molecule has 4 N–H and O–H groups in total. The van der Waals surface area contributed by atoms with Crippen LogP contribution in [0, 0.1) is 50.7 Å². The number of hydrogen-bond donors (Lipinski definition) is 4. The van der Waals surface area contributed by atoms with Crippen LogP contribution in [0.3, 0.4) is 0 Å². The highest BCUT2D eigenvalue weighted by Gasteiger charge is 2.71. The Hall–Kier alpha value is -0.910. The first-order valence-electron chi connectivity index (χ1n) is 14.0. The van der Waals surface area contributed by atoms with Crippen LogP contribution in [-0.4, -0.2) is 44.2 Å². The zero-order valence-electron chi connectivity index (χ0n) is 22.9. The molecule has 11 atom stereocenters. The van der Waals surface area contributed by atoms with Crippen LogP contribution in [0.2, 0.25) is 0 Å². The van der Waals surface area contributed by atoms with Gasteiger partial charge in [-0.3, -0.25) is 4.79 Å². The van der Waals surface area contributed by atoms with Crippen molar-refractivity contribution in [2.45, 2.75) is 118 Å². The van der Waals surface area contributed by atoms with E-state index in [0.29, 0.717) is 31.1 Å². The second-order valence-corrected chi connectivity index (χ2v) is 14.9. The van der Waals surface area contributed by atoms with E-state index in [9.17, 15) is 25.2 Å². The van der Waals surface area contributed by atoms with Gasteiger partial charge in [-0.25, -0.2) is 0 Å². The fourth-order valence-corrected chi connectivity index (χ4v) is 11.0. The molecular weight excluding hydrogens is 440 g/mol. The molecule has 0 aromatic rings.